The highest BCUT2D eigenvalue weighted by atomic mass is 19.1. The molecule has 0 bridgehead atoms. The van der Waals surface area contributed by atoms with Crippen LogP contribution in [-0.2, 0) is 11.2 Å². The van der Waals surface area contributed by atoms with Gasteiger partial charge in [-0.25, -0.2) is 8.78 Å². The summed E-state index contributed by atoms with van der Waals surface area (Å²) in [4.78, 5) is 14.9. The Hall–Kier alpha value is -2.30. The van der Waals surface area contributed by atoms with Gasteiger partial charge >= 0.3 is 5.97 Å². The lowest BCUT2D eigenvalue weighted by Crippen LogP contribution is -2.17. The maximum atomic E-state index is 13.7. The van der Waals surface area contributed by atoms with Gasteiger partial charge in [-0.15, -0.1) is 0 Å². The number of carboxylic acid groups (broad SMARTS) is 1. The molecule has 0 amide bonds. The van der Waals surface area contributed by atoms with E-state index >= 15 is 0 Å². The molecule has 1 aromatic heterocycles. The second-order valence-electron chi connectivity index (χ2n) is 4.60. The third-order valence-corrected chi connectivity index (χ3v) is 2.99. The lowest BCUT2D eigenvalue weighted by Gasteiger charge is -2.13. The molecule has 1 unspecified atom stereocenters. The second-order valence-corrected chi connectivity index (χ2v) is 4.60. The molecule has 2 aromatic rings. The Balaban J connectivity index is 2.34. The fraction of sp³-hybridized carbons (Fsp3) is 0.200. The van der Waals surface area contributed by atoms with Gasteiger partial charge in [0.2, 0.25) is 0 Å². The van der Waals surface area contributed by atoms with Crippen molar-refractivity contribution in [1.29, 1.82) is 0 Å². The summed E-state index contributed by atoms with van der Waals surface area (Å²) in [6.45, 7) is 1.88. The molecular formula is C15H13F2NO2. The topological polar surface area (TPSA) is 50.2 Å². The molecule has 20 heavy (non-hydrogen) atoms. The van der Waals surface area contributed by atoms with Gasteiger partial charge in [-0.3, -0.25) is 9.78 Å². The number of aliphatic carboxylic acids is 1. The van der Waals surface area contributed by atoms with Gasteiger partial charge in [0.1, 0.15) is 17.6 Å². The van der Waals surface area contributed by atoms with Crippen LogP contribution < -0.4 is 0 Å². The molecule has 1 heterocycles. The summed E-state index contributed by atoms with van der Waals surface area (Å²) in [5, 5.41) is 9.25. The van der Waals surface area contributed by atoms with Crippen LogP contribution in [0.1, 0.15) is 22.7 Å². The number of carbonyl (C=O) groups is 1. The Morgan fingerprint density at radius 2 is 2.10 bits per heavy atom. The third kappa shape index (κ3) is 3.17. The molecule has 0 aliphatic heterocycles. The van der Waals surface area contributed by atoms with Crippen molar-refractivity contribution in [2.75, 3.05) is 0 Å². The summed E-state index contributed by atoms with van der Waals surface area (Å²) in [5.41, 5.74) is 1.50. The number of carboxylic acids is 1. The number of pyridine rings is 1. The van der Waals surface area contributed by atoms with Crippen molar-refractivity contribution in [3.05, 3.63) is 65.0 Å². The van der Waals surface area contributed by atoms with E-state index in [1.54, 1.807) is 12.1 Å². The zero-order valence-electron chi connectivity index (χ0n) is 10.8. The van der Waals surface area contributed by atoms with E-state index in [4.69, 9.17) is 0 Å². The fourth-order valence-corrected chi connectivity index (χ4v) is 2.06. The first-order valence-corrected chi connectivity index (χ1v) is 6.06. The first kappa shape index (κ1) is 14.1. The molecule has 1 aromatic carbocycles. The maximum absolute atomic E-state index is 13.7. The SMILES string of the molecule is Cc1cccc(CC(C(=O)O)c2ncc(F)cc2F)c1. The van der Waals surface area contributed by atoms with Crippen LogP contribution in [0.15, 0.2) is 36.5 Å². The molecule has 2 rings (SSSR count). The molecule has 0 aliphatic rings. The quantitative estimate of drug-likeness (QED) is 0.934. The summed E-state index contributed by atoms with van der Waals surface area (Å²) < 4.78 is 26.5. The number of aromatic nitrogens is 1. The van der Waals surface area contributed by atoms with E-state index in [2.05, 4.69) is 4.98 Å². The van der Waals surface area contributed by atoms with Gasteiger partial charge < -0.3 is 5.11 Å². The standard InChI is InChI=1S/C15H13F2NO2/c1-9-3-2-4-10(5-9)6-12(15(19)20)14-13(17)7-11(16)8-18-14/h2-5,7-8,12H,6H2,1H3,(H,19,20). The number of hydrogen-bond acceptors (Lipinski definition) is 2. The Labute approximate surface area is 114 Å². The smallest absolute Gasteiger partial charge is 0.313 e. The number of halogens is 2. The van der Waals surface area contributed by atoms with Crippen molar-refractivity contribution < 1.29 is 18.7 Å². The minimum atomic E-state index is -1.19. The van der Waals surface area contributed by atoms with Gasteiger partial charge in [0.05, 0.1) is 11.9 Å². The first-order chi connectivity index (χ1) is 9.47. The average molecular weight is 277 g/mol. The van der Waals surface area contributed by atoms with Gasteiger partial charge in [0.15, 0.2) is 0 Å². The Bertz CT molecular complexity index is 644. The predicted octanol–water partition coefficient (Wildman–Crippen LogP) is 3.08. The van der Waals surface area contributed by atoms with Crippen LogP contribution >= 0.6 is 0 Å². The van der Waals surface area contributed by atoms with E-state index < -0.39 is 23.5 Å². The second kappa shape index (κ2) is 5.77. The third-order valence-electron chi connectivity index (χ3n) is 2.99. The summed E-state index contributed by atoms with van der Waals surface area (Å²) in [6, 6.07) is 7.93. The highest BCUT2D eigenvalue weighted by molar-refractivity contribution is 5.76. The molecular weight excluding hydrogens is 264 g/mol. The van der Waals surface area contributed by atoms with Crippen LogP contribution in [0.3, 0.4) is 0 Å². The predicted molar refractivity (Wildman–Crippen MR) is 69.4 cm³/mol. The Kier molecular flexibility index (Phi) is 4.08. The highest BCUT2D eigenvalue weighted by Gasteiger charge is 2.25. The number of nitrogens with zero attached hydrogens (tertiary/aromatic N) is 1. The van der Waals surface area contributed by atoms with E-state index in [0.29, 0.717) is 6.07 Å². The van der Waals surface area contributed by atoms with Crippen molar-refractivity contribution in [3.8, 4) is 0 Å². The molecule has 3 nitrogen and oxygen atoms in total. The van der Waals surface area contributed by atoms with Crippen LogP contribution in [-0.4, -0.2) is 16.1 Å². The van der Waals surface area contributed by atoms with E-state index in [9.17, 15) is 18.7 Å². The summed E-state index contributed by atoms with van der Waals surface area (Å²) in [6.07, 6.45) is 0.928. The van der Waals surface area contributed by atoms with Crippen molar-refractivity contribution in [1.82, 2.24) is 4.98 Å². The van der Waals surface area contributed by atoms with Crippen LogP contribution in [0.5, 0.6) is 0 Å². The van der Waals surface area contributed by atoms with Gasteiger partial charge in [-0.1, -0.05) is 29.8 Å². The molecule has 0 radical (unpaired) electrons. The molecule has 1 N–H and O–H groups in total. The fourth-order valence-electron chi connectivity index (χ4n) is 2.06. The minimum absolute atomic E-state index is 0.104. The van der Waals surface area contributed by atoms with Gasteiger partial charge in [-0.2, -0.15) is 0 Å². The number of rotatable bonds is 4. The average Bonchev–Trinajstić information content (AvgIpc) is 2.36. The molecule has 0 spiro atoms. The lowest BCUT2D eigenvalue weighted by molar-refractivity contribution is -0.138. The monoisotopic (exact) mass is 277 g/mol. The van der Waals surface area contributed by atoms with E-state index in [-0.39, 0.29) is 12.1 Å². The zero-order valence-corrected chi connectivity index (χ0v) is 10.8. The maximum Gasteiger partial charge on any atom is 0.313 e. The minimum Gasteiger partial charge on any atom is -0.481 e. The normalized spacial score (nSPS) is 12.2. The van der Waals surface area contributed by atoms with Gasteiger partial charge in [-0.05, 0) is 18.9 Å². The van der Waals surface area contributed by atoms with Crippen LogP contribution in [0, 0.1) is 18.6 Å². The molecule has 0 saturated heterocycles. The summed E-state index contributed by atoms with van der Waals surface area (Å²) in [5.74, 6) is -4.10. The van der Waals surface area contributed by atoms with E-state index in [1.807, 2.05) is 19.1 Å². The molecule has 0 aliphatic carbocycles. The van der Waals surface area contributed by atoms with Crippen LogP contribution in [0.2, 0.25) is 0 Å². The molecule has 104 valence electrons. The Morgan fingerprint density at radius 1 is 1.35 bits per heavy atom. The van der Waals surface area contributed by atoms with Crippen molar-refractivity contribution in [2.45, 2.75) is 19.3 Å². The van der Waals surface area contributed by atoms with Crippen molar-refractivity contribution in [2.24, 2.45) is 0 Å². The number of aryl methyl sites for hydroxylation is 1. The molecule has 1 atom stereocenters. The van der Waals surface area contributed by atoms with Gasteiger partial charge in [0, 0.05) is 6.07 Å². The Morgan fingerprint density at radius 3 is 2.70 bits per heavy atom. The molecule has 0 saturated carbocycles. The first-order valence-electron chi connectivity index (χ1n) is 6.06. The van der Waals surface area contributed by atoms with Crippen LogP contribution in [0.25, 0.3) is 0 Å². The van der Waals surface area contributed by atoms with Crippen LogP contribution in [0.4, 0.5) is 8.78 Å². The molecule has 0 fully saturated rings. The summed E-state index contributed by atoms with van der Waals surface area (Å²) in [7, 11) is 0. The molecule has 5 heteroatoms. The summed E-state index contributed by atoms with van der Waals surface area (Å²) >= 11 is 0. The largest absolute Gasteiger partial charge is 0.481 e. The highest BCUT2D eigenvalue weighted by Crippen LogP contribution is 2.23. The van der Waals surface area contributed by atoms with Crippen molar-refractivity contribution >= 4 is 5.97 Å². The van der Waals surface area contributed by atoms with Gasteiger partial charge in [0.25, 0.3) is 0 Å². The van der Waals surface area contributed by atoms with Crippen molar-refractivity contribution in [3.63, 3.8) is 0 Å². The van der Waals surface area contributed by atoms with E-state index in [0.717, 1.165) is 17.3 Å². The zero-order chi connectivity index (χ0) is 14.7. The number of benzene rings is 1. The number of hydrogen-bond donors (Lipinski definition) is 1. The lowest BCUT2D eigenvalue weighted by atomic mass is 9.94. The van der Waals surface area contributed by atoms with E-state index in [1.165, 1.54) is 0 Å².